The first kappa shape index (κ1) is 18.8. The fraction of sp³-hybridized carbons (Fsp3) is 0.115. The van der Waals surface area contributed by atoms with Crippen LogP contribution in [0.2, 0.25) is 0 Å². The molecule has 3 heteroatoms. The molecule has 0 atom stereocenters. The second-order valence-corrected chi connectivity index (χ2v) is 7.20. The van der Waals surface area contributed by atoms with Crippen LogP contribution in [0.3, 0.4) is 0 Å². The summed E-state index contributed by atoms with van der Waals surface area (Å²) in [6.45, 7) is 4.08. The summed E-state index contributed by atoms with van der Waals surface area (Å²) < 4.78 is 5.23. The molecule has 0 saturated heterocycles. The van der Waals surface area contributed by atoms with Crippen LogP contribution in [0.4, 0.5) is 5.69 Å². The van der Waals surface area contributed by atoms with Gasteiger partial charge in [0, 0.05) is 5.57 Å². The predicted molar refractivity (Wildman–Crippen MR) is 119 cm³/mol. The summed E-state index contributed by atoms with van der Waals surface area (Å²) in [4.78, 5) is 15.3. The lowest BCUT2D eigenvalue weighted by molar-refractivity contribution is -0.113. The quantitative estimate of drug-likeness (QED) is 0.536. The Bertz CT molecular complexity index is 1110. The number of benzene rings is 3. The molecule has 1 heterocycles. The van der Waals surface area contributed by atoms with E-state index in [2.05, 4.69) is 18.2 Å². The number of aryl methyl sites for hydroxylation is 2. The van der Waals surface area contributed by atoms with Gasteiger partial charge < -0.3 is 4.74 Å². The molecule has 0 bridgehead atoms. The number of hydrogen-bond acceptors (Lipinski definition) is 2. The van der Waals surface area contributed by atoms with Crippen molar-refractivity contribution in [2.45, 2.75) is 13.8 Å². The summed E-state index contributed by atoms with van der Waals surface area (Å²) in [7, 11) is 1.64. The van der Waals surface area contributed by atoms with Crippen molar-refractivity contribution in [3.63, 3.8) is 0 Å². The number of amides is 1. The highest BCUT2D eigenvalue weighted by atomic mass is 16.5. The lowest BCUT2D eigenvalue weighted by Gasteiger charge is -2.23. The average Bonchev–Trinajstić information content (AvgIpc) is 3.07. The summed E-state index contributed by atoms with van der Waals surface area (Å²) >= 11 is 0. The molecule has 3 nitrogen and oxygen atoms in total. The van der Waals surface area contributed by atoms with Crippen molar-refractivity contribution >= 4 is 23.4 Å². The molecule has 0 radical (unpaired) electrons. The van der Waals surface area contributed by atoms with E-state index in [0.717, 1.165) is 39.4 Å². The topological polar surface area (TPSA) is 29.5 Å². The number of rotatable bonds is 4. The lowest BCUT2D eigenvalue weighted by Crippen LogP contribution is -2.25. The first-order valence-corrected chi connectivity index (χ1v) is 9.61. The molecule has 4 rings (SSSR count). The van der Waals surface area contributed by atoms with Crippen LogP contribution in [-0.2, 0) is 4.79 Å². The Hall–Kier alpha value is -3.59. The third-order valence-corrected chi connectivity index (χ3v) is 5.10. The highest BCUT2D eigenvalue weighted by molar-refractivity contribution is 6.23. The van der Waals surface area contributed by atoms with Crippen molar-refractivity contribution in [2.24, 2.45) is 0 Å². The van der Waals surface area contributed by atoms with E-state index in [0.29, 0.717) is 5.57 Å². The van der Waals surface area contributed by atoms with Crippen LogP contribution in [0.5, 0.6) is 5.75 Å². The van der Waals surface area contributed by atoms with E-state index < -0.39 is 0 Å². The molecule has 0 fully saturated rings. The van der Waals surface area contributed by atoms with Gasteiger partial charge in [0.2, 0.25) is 0 Å². The van der Waals surface area contributed by atoms with Crippen LogP contribution < -0.4 is 9.64 Å². The van der Waals surface area contributed by atoms with Crippen molar-refractivity contribution in [1.82, 2.24) is 0 Å². The summed E-state index contributed by atoms with van der Waals surface area (Å²) in [5, 5.41) is 0. The van der Waals surface area contributed by atoms with Crippen LogP contribution in [0.1, 0.15) is 22.3 Å². The summed E-state index contributed by atoms with van der Waals surface area (Å²) in [6, 6.07) is 23.9. The van der Waals surface area contributed by atoms with E-state index in [4.69, 9.17) is 4.74 Å². The Morgan fingerprint density at radius 3 is 2.31 bits per heavy atom. The van der Waals surface area contributed by atoms with E-state index >= 15 is 0 Å². The highest BCUT2D eigenvalue weighted by Gasteiger charge is 2.31. The standard InChI is InChI=1S/C26H23NO2/c1-18-9-10-19(2)24(15-18)27-25(21-7-5-4-6-8-21)17-22(26(27)28)16-20-11-13-23(29-3)14-12-20/h4-17H,1-3H3/b22-16+. The number of anilines is 1. The van der Waals surface area contributed by atoms with Gasteiger partial charge in [-0.1, -0.05) is 54.6 Å². The van der Waals surface area contributed by atoms with E-state index in [-0.39, 0.29) is 5.91 Å². The maximum Gasteiger partial charge on any atom is 0.262 e. The van der Waals surface area contributed by atoms with Gasteiger partial charge in [0.15, 0.2) is 0 Å². The first-order valence-electron chi connectivity index (χ1n) is 9.61. The summed E-state index contributed by atoms with van der Waals surface area (Å²) in [5.74, 6) is 0.774. The van der Waals surface area contributed by atoms with Crippen molar-refractivity contribution in [2.75, 3.05) is 12.0 Å². The Morgan fingerprint density at radius 2 is 1.62 bits per heavy atom. The Labute approximate surface area is 171 Å². The minimum atomic E-state index is -0.0200. The SMILES string of the molecule is COc1ccc(/C=C2\C=C(c3ccccc3)N(c3cc(C)ccc3C)C2=O)cc1. The Kier molecular flexibility index (Phi) is 5.05. The van der Waals surface area contributed by atoms with Gasteiger partial charge in [-0.2, -0.15) is 0 Å². The fourth-order valence-corrected chi connectivity index (χ4v) is 3.52. The van der Waals surface area contributed by atoms with Gasteiger partial charge in [0.1, 0.15) is 5.75 Å². The number of hydrogen-bond donors (Lipinski definition) is 0. The number of nitrogens with zero attached hydrogens (tertiary/aromatic N) is 1. The molecule has 0 saturated carbocycles. The van der Waals surface area contributed by atoms with Crippen LogP contribution in [0.15, 0.2) is 84.4 Å². The van der Waals surface area contributed by atoms with Crippen LogP contribution >= 0.6 is 0 Å². The normalized spacial score (nSPS) is 15.0. The van der Waals surface area contributed by atoms with Crippen LogP contribution in [0, 0.1) is 13.8 Å². The molecule has 29 heavy (non-hydrogen) atoms. The molecular weight excluding hydrogens is 358 g/mol. The predicted octanol–water partition coefficient (Wildman–Crippen LogP) is 5.78. The molecule has 1 aliphatic heterocycles. The van der Waals surface area contributed by atoms with Gasteiger partial charge in [0.25, 0.3) is 5.91 Å². The lowest BCUT2D eigenvalue weighted by atomic mass is 10.1. The first-order chi connectivity index (χ1) is 14.1. The van der Waals surface area contributed by atoms with E-state index in [1.54, 1.807) is 7.11 Å². The maximum absolute atomic E-state index is 13.5. The monoisotopic (exact) mass is 381 g/mol. The molecular formula is C26H23NO2. The number of carbonyl (C=O) groups excluding carboxylic acids is 1. The van der Waals surface area contributed by atoms with Crippen molar-refractivity contribution < 1.29 is 9.53 Å². The number of ether oxygens (including phenoxy) is 1. The second kappa shape index (κ2) is 7.80. The molecule has 3 aromatic carbocycles. The van der Waals surface area contributed by atoms with E-state index in [1.807, 2.05) is 85.5 Å². The van der Waals surface area contributed by atoms with Crippen LogP contribution in [0.25, 0.3) is 11.8 Å². The zero-order valence-electron chi connectivity index (χ0n) is 16.8. The molecule has 0 unspecified atom stereocenters. The van der Waals surface area contributed by atoms with Gasteiger partial charge in [0.05, 0.1) is 18.5 Å². The molecule has 144 valence electrons. The minimum Gasteiger partial charge on any atom is -0.497 e. The molecule has 3 aromatic rings. The summed E-state index contributed by atoms with van der Waals surface area (Å²) in [5.41, 5.74) is 6.64. The van der Waals surface area contributed by atoms with Gasteiger partial charge in [-0.15, -0.1) is 0 Å². The van der Waals surface area contributed by atoms with Gasteiger partial charge >= 0.3 is 0 Å². The zero-order valence-corrected chi connectivity index (χ0v) is 16.8. The Balaban J connectivity index is 1.82. The largest absolute Gasteiger partial charge is 0.497 e. The molecule has 1 amide bonds. The molecule has 1 aliphatic rings. The van der Waals surface area contributed by atoms with Crippen molar-refractivity contribution in [3.8, 4) is 5.75 Å². The molecule has 0 aliphatic carbocycles. The average molecular weight is 381 g/mol. The van der Waals surface area contributed by atoms with Gasteiger partial charge in [-0.3, -0.25) is 9.69 Å². The third kappa shape index (κ3) is 3.72. The van der Waals surface area contributed by atoms with Gasteiger partial charge in [-0.05, 0) is 66.5 Å². The van der Waals surface area contributed by atoms with Gasteiger partial charge in [-0.25, -0.2) is 0 Å². The minimum absolute atomic E-state index is 0.0200. The highest BCUT2D eigenvalue weighted by Crippen LogP contribution is 2.37. The molecule has 0 spiro atoms. The van der Waals surface area contributed by atoms with Crippen molar-refractivity contribution in [1.29, 1.82) is 0 Å². The second-order valence-electron chi connectivity index (χ2n) is 7.20. The molecule has 0 N–H and O–H groups in total. The van der Waals surface area contributed by atoms with Crippen molar-refractivity contribution in [3.05, 3.63) is 107 Å². The maximum atomic E-state index is 13.5. The zero-order chi connectivity index (χ0) is 20.4. The molecule has 0 aromatic heterocycles. The Morgan fingerprint density at radius 1 is 0.897 bits per heavy atom. The number of carbonyl (C=O) groups is 1. The smallest absolute Gasteiger partial charge is 0.262 e. The van der Waals surface area contributed by atoms with E-state index in [9.17, 15) is 4.79 Å². The summed E-state index contributed by atoms with van der Waals surface area (Å²) in [6.07, 6.45) is 3.90. The number of methoxy groups -OCH3 is 1. The fourth-order valence-electron chi connectivity index (χ4n) is 3.52. The third-order valence-electron chi connectivity index (χ3n) is 5.10. The van der Waals surface area contributed by atoms with Crippen LogP contribution in [-0.4, -0.2) is 13.0 Å². The van der Waals surface area contributed by atoms with E-state index in [1.165, 1.54) is 0 Å².